The molecule has 2 aliphatic rings. The fourth-order valence-electron chi connectivity index (χ4n) is 4.49. The molecule has 0 radical (unpaired) electrons. The van der Waals surface area contributed by atoms with Crippen molar-refractivity contribution in [2.75, 3.05) is 39.3 Å². The number of fused-ring (bicyclic) bond motifs is 1. The molecule has 0 bridgehead atoms. The van der Waals surface area contributed by atoms with Gasteiger partial charge in [-0.25, -0.2) is 0 Å². The fraction of sp³-hybridized carbons (Fsp3) is 0.524. The number of piperazine rings is 1. The molecule has 2 amide bonds. The van der Waals surface area contributed by atoms with Crippen molar-refractivity contribution in [3.8, 4) is 0 Å². The van der Waals surface area contributed by atoms with Crippen LogP contribution in [-0.2, 0) is 11.2 Å². The Labute approximate surface area is 165 Å². The summed E-state index contributed by atoms with van der Waals surface area (Å²) >= 11 is 0. The molecule has 0 unspecified atom stereocenters. The van der Waals surface area contributed by atoms with Crippen molar-refractivity contribution < 1.29 is 9.59 Å². The summed E-state index contributed by atoms with van der Waals surface area (Å²) in [5.41, 5.74) is 7.73. The molecule has 4 rings (SSSR count). The third kappa shape index (κ3) is 4.05. The number of H-pyrrole nitrogens is 1. The number of aryl methyl sites for hydroxylation is 1. The Hall–Kier alpha value is -2.38. The van der Waals surface area contributed by atoms with Crippen molar-refractivity contribution in [1.29, 1.82) is 0 Å². The van der Waals surface area contributed by atoms with E-state index in [0.717, 1.165) is 55.7 Å². The zero-order chi connectivity index (χ0) is 19.5. The van der Waals surface area contributed by atoms with Crippen molar-refractivity contribution in [3.05, 3.63) is 35.5 Å². The number of hydrogen-bond acceptors (Lipinski definition) is 4. The standard InChI is InChI=1S/C21H29N5O2/c22-21(28)18-14-15(13-16-3-8-24-20(16)18)1-2-19(27)26-11-9-25(10-12-26)17-4-6-23-7-5-17/h3,8,13-14,17,23-24H,1-2,4-7,9-12H2,(H2,22,28). The number of rotatable bonds is 5. The number of aromatic amines is 1. The van der Waals surface area contributed by atoms with Crippen LogP contribution in [0.1, 0.15) is 35.2 Å². The Morgan fingerprint density at radius 1 is 1.11 bits per heavy atom. The van der Waals surface area contributed by atoms with Gasteiger partial charge in [0.2, 0.25) is 5.91 Å². The molecule has 0 saturated carbocycles. The Balaban J connectivity index is 1.32. The van der Waals surface area contributed by atoms with Crippen molar-refractivity contribution >= 4 is 22.7 Å². The third-order valence-corrected chi connectivity index (χ3v) is 6.10. The molecule has 2 aliphatic heterocycles. The van der Waals surface area contributed by atoms with E-state index in [1.165, 1.54) is 12.8 Å². The Bertz CT molecular complexity index is 848. The number of amides is 2. The van der Waals surface area contributed by atoms with E-state index in [2.05, 4.69) is 15.2 Å². The second-order valence-electron chi connectivity index (χ2n) is 7.85. The lowest BCUT2D eigenvalue weighted by Gasteiger charge is -2.41. The lowest BCUT2D eigenvalue weighted by Crippen LogP contribution is -2.54. The number of hydrogen-bond donors (Lipinski definition) is 3. The number of nitrogens with one attached hydrogen (secondary N) is 2. The number of benzene rings is 1. The highest BCUT2D eigenvalue weighted by Crippen LogP contribution is 2.21. The number of piperidine rings is 1. The number of carbonyl (C=O) groups excluding carboxylic acids is 2. The number of primary amides is 1. The first kappa shape index (κ1) is 19.0. The quantitative estimate of drug-likeness (QED) is 0.721. The monoisotopic (exact) mass is 383 g/mol. The van der Waals surface area contributed by atoms with Gasteiger partial charge in [0.25, 0.3) is 5.91 Å². The predicted octanol–water partition coefficient (Wildman–Crippen LogP) is 1.10. The zero-order valence-corrected chi connectivity index (χ0v) is 16.2. The van der Waals surface area contributed by atoms with Gasteiger partial charge in [-0.05, 0) is 56.1 Å². The van der Waals surface area contributed by atoms with Crippen LogP contribution in [-0.4, -0.2) is 71.9 Å². The van der Waals surface area contributed by atoms with E-state index in [1.807, 2.05) is 23.1 Å². The van der Waals surface area contributed by atoms with E-state index in [0.29, 0.717) is 24.4 Å². The van der Waals surface area contributed by atoms with Gasteiger partial charge in [-0.3, -0.25) is 14.5 Å². The van der Waals surface area contributed by atoms with Crippen LogP contribution >= 0.6 is 0 Å². The second kappa shape index (κ2) is 8.32. The molecule has 2 aromatic rings. The summed E-state index contributed by atoms with van der Waals surface area (Å²) in [5.74, 6) is -0.255. The van der Waals surface area contributed by atoms with Gasteiger partial charge < -0.3 is 20.9 Å². The van der Waals surface area contributed by atoms with Crippen LogP contribution in [0.3, 0.4) is 0 Å². The maximum atomic E-state index is 12.7. The van der Waals surface area contributed by atoms with Crippen LogP contribution in [0.4, 0.5) is 0 Å². The van der Waals surface area contributed by atoms with Gasteiger partial charge in [-0.2, -0.15) is 0 Å². The SMILES string of the molecule is NC(=O)c1cc(CCC(=O)N2CCN(C3CCNCC3)CC2)cc2cc[nH]c12. The topological polar surface area (TPSA) is 94.5 Å². The highest BCUT2D eigenvalue weighted by atomic mass is 16.2. The molecule has 7 nitrogen and oxygen atoms in total. The van der Waals surface area contributed by atoms with Crippen molar-refractivity contribution in [1.82, 2.24) is 20.1 Å². The summed E-state index contributed by atoms with van der Waals surface area (Å²) < 4.78 is 0. The van der Waals surface area contributed by atoms with Crippen LogP contribution in [0.25, 0.3) is 10.9 Å². The minimum Gasteiger partial charge on any atom is -0.366 e. The average Bonchev–Trinajstić information content (AvgIpc) is 3.20. The van der Waals surface area contributed by atoms with Crippen LogP contribution in [0, 0.1) is 0 Å². The zero-order valence-electron chi connectivity index (χ0n) is 16.2. The van der Waals surface area contributed by atoms with Gasteiger partial charge in [0.05, 0.1) is 11.1 Å². The summed E-state index contributed by atoms with van der Waals surface area (Å²) in [6.45, 7) is 5.76. The Morgan fingerprint density at radius 3 is 2.57 bits per heavy atom. The molecule has 28 heavy (non-hydrogen) atoms. The molecule has 2 fully saturated rings. The Kier molecular flexibility index (Phi) is 5.64. The molecule has 2 saturated heterocycles. The van der Waals surface area contributed by atoms with Crippen LogP contribution in [0.5, 0.6) is 0 Å². The number of aromatic nitrogens is 1. The summed E-state index contributed by atoms with van der Waals surface area (Å²) in [4.78, 5) is 32.0. The number of carbonyl (C=O) groups is 2. The van der Waals surface area contributed by atoms with Gasteiger partial charge in [0, 0.05) is 50.2 Å². The first-order valence-electron chi connectivity index (χ1n) is 10.2. The minimum absolute atomic E-state index is 0.194. The summed E-state index contributed by atoms with van der Waals surface area (Å²) in [6.07, 6.45) is 5.29. The molecule has 1 aromatic heterocycles. The van der Waals surface area contributed by atoms with Crippen molar-refractivity contribution in [2.24, 2.45) is 5.73 Å². The molecular weight excluding hydrogens is 354 g/mol. The summed E-state index contributed by atoms with van der Waals surface area (Å²) in [5, 5.41) is 4.36. The van der Waals surface area contributed by atoms with Gasteiger partial charge in [0.15, 0.2) is 0 Å². The van der Waals surface area contributed by atoms with Crippen molar-refractivity contribution in [3.63, 3.8) is 0 Å². The number of nitrogens with zero attached hydrogens (tertiary/aromatic N) is 2. The molecular formula is C21H29N5O2. The minimum atomic E-state index is -0.449. The smallest absolute Gasteiger partial charge is 0.250 e. The second-order valence-corrected chi connectivity index (χ2v) is 7.85. The first-order chi connectivity index (χ1) is 13.6. The van der Waals surface area contributed by atoms with E-state index in [1.54, 1.807) is 6.20 Å². The Morgan fingerprint density at radius 2 is 1.86 bits per heavy atom. The molecule has 7 heteroatoms. The largest absolute Gasteiger partial charge is 0.366 e. The molecule has 0 spiro atoms. The molecule has 3 heterocycles. The van der Waals surface area contributed by atoms with E-state index < -0.39 is 5.91 Å². The van der Waals surface area contributed by atoms with Crippen LogP contribution in [0.2, 0.25) is 0 Å². The van der Waals surface area contributed by atoms with Gasteiger partial charge >= 0.3 is 0 Å². The van der Waals surface area contributed by atoms with Gasteiger partial charge in [-0.15, -0.1) is 0 Å². The fourth-order valence-corrected chi connectivity index (χ4v) is 4.49. The van der Waals surface area contributed by atoms with Crippen LogP contribution < -0.4 is 11.1 Å². The first-order valence-corrected chi connectivity index (χ1v) is 10.2. The highest BCUT2D eigenvalue weighted by Gasteiger charge is 2.26. The van der Waals surface area contributed by atoms with E-state index in [4.69, 9.17) is 5.73 Å². The molecule has 0 atom stereocenters. The highest BCUT2D eigenvalue weighted by molar-refractivity contribution is 6.05. The molecule has 150 valence electrons. The molecule has 1 aromatic carbocycles. The van der Waals surface area contributed by atoms with Gasteiger partial charge in [-0.1, -0.05) is 0 Å². The predicted molar refractivity (Wildman–Crippen MR) is 109 cm³/mol. The lowest BCUT2D eigenvalue weighted by atomic mass is 10.0. The average molecular weight is 383 g/mol. The number of nitrogens with two attached hydrogens (primary N) is 1. The molecule has 4 N–H and O–H groups in total. The summed E-state index contributed by atoms with van der Waals surface area (Å²) in [6, 6.07) is 6.43. The lowest BCUT2D eigenvalue weighted by molar-refractivity contribution is -0.133. The van der Waals surface area contributed by atoms with Crippen LogP contribution in [0.15, 0.2) is 24.4 Å². The van der Waals surface area contributed by atoms with E-state index in [9.17, 15) is 9.59 Å². The molecule has 0 aliphatic carbocycles. The maximum Gasteiger partial charge on any atom is 0.250 e. The van der Waals surface area contributed by atoms with E-state index in [-0.39, 0.29) is 5.91 Å². The van der Waals surface area contributed by atoms with E-state index >= 15 is 0 Å². The summed E-state index contributed by atoms with van der Waals surface area (Å²) in [7, 11) is 0. The van der Waals surface area contributed by atoms with Crippen molar-refractivity contribution in [2.45, 2.75) is 31.7 Å². The third-order valence-electron chi connectivity index (χ3n) is 6.10. The maximum absolute atomic E-state index is 12.7. The normalized spacial score (nSPS) is 19.2. The van der Waals surface area contributed by atoms with Gasteiger partial charge in [0.1, 0.15) is 0 Å².